The average molecular weight is 277 g/mol. The van der Waals surface area contributed by atoms with E-state index in [1.54, 1.807) is 6.07 Å². The fourth-order valence-electron chi connectivity index (χ4n) is 2.26. The van der Waals surface area contributed by atoms with E-state index in [9.17, 15) is 4.39 Å². The molecule has 0 aliphatic heterocycles. The van der Waals surface area contributed by atoms with Gasteiger partial charge in [-0.05, 0) is 49.7 Å². The molecule has 0 unspecified atom stereocenters. The van der Waals surface area contributed by atoms with Crippen LogP contribution < -0.4 is 5.32 Å². The fraction of sp³-hybridized carbons (Fsp3) is 0.529. The molecule has 0 aliphatic carbocycles. The van der Waals surface area contributed by atoms with Gasteiger partial charge >= 0.3 is 0 Å². The Balaban J connectivity index is 2.06. The highest BCUT2D eigenvalue weighted by molar-refractivity contribution is 5.78. The summed E-state index contributed by atoms with van der Waals surface area (Å²) >= 11 is 0. The van der Waals surface area contributed by atoms with E-state index in [2.05, 4.69) is 33.0 Å². The Kier molecular flexibility index (Phi) is 4.48. The van der Waals surface area contributed by atoms with Gasteiger partial charge in [0.15, 0.2) is 0 Å². The molecule has 0 amide bonds. The summed E-state index contributed by atoms with van der Waals surface area (Å²) in [5.74, 6) is 1.36. The Bertz CT molecular complexity index is 571. The Labute approximate surface area is 120 Å². The SMILES string of the molecule is CC(C)CNCCC(C)(C)c1cc2cc(F)ccc2o1. The highest BCUT2D eigenvalue weighted by Crippen LogP contribution is 2.32. The smallest absolute Gasteiger partial charge is 0.134 e. The lowest BCUT2D eigenvalue weighted by molar-refractivity contribution is 0.367. The number of nitrogens with one attached hydrogen (secondary N) is 1. The van der Waals surface area contributed by atoms with Gasteiger partial charge in [-0.2, -0.15) is 0 Å². The van der Waals surface area contributed by atoms with Crippen molar-refractivity contribution in [3.8, 4) is 0 Å². The summed E-state index contributed by atoms with van der Waals surface area (Å²) in [5, 5.41) is 4.29. The third-order valence-corrected chi connectivity index (χ3v) is 3.62. The largest absolute Gasteiger partial charge is 0.461 e. The van der Waals surface area contributed by atoms with Crippen molar-refractivity contribution in [2.24, 2.45) is 5.92 Å². The first-order chi connectivity index (χ1) is 9.38. The highest BCUT2D eigenvalue weighted by Gasteiger charge is 2.24. The minimum atomic E-state index is -0.221. The molecule has 1 aromatic heterocycles. The van der Waals surface area contributed by atoms with Crippen LogP contribution in [0.4, 0.5) is 4.39 Å². The lowest BCUT2D eigenvalue weighted by atomic mass is 9.86. The predicted octanol–water partition coefficient (Wildman–Crippen LogP) is 4.49. The zero-order valence-electron chi connectivity index (χ0n) is 12.8. The molecule has 0 atom stereocenters. The number of hydrogen-bond donors (Lipinski definition) is 1. The standard InChI is InChI=1S/C17H24FNO/c1-12(2)11-19-8-7-17(3,4)16-10-13-9-14(18)5-6-15(13)20-16/h5-6,9-10,12,19H,7-8,11H2,1-4H3. The summed E-state index contributed by atoms with van der Waals surface area (Å²) in [7, 11) is 0. The van der Waals surface area contributed by atoms with Crippen molar-refractivity contribution < 1.29 is 8.81 Å². The van der Waals surface area contributed by atoms with Gasteiger partial charge in [0.1, 0.15) is 17.2 Å². The molecule has 0 saturated carbocycles. The lowest BCUT2D eigenvalue weighted by Gasteiger charge is -2.22. The van der Waals surface area contributed by atoms with Crippen LogP contribution >= 0.6 is 0 Å². The van der Waals surface area contributed by atoms with Gasteiger partial charge in [0.05, 0.1) is 0 Å². The van der Waals surface area contributed by atoms with Crippen LogP contribution in [0.2, 0.25) is 0 Å². The molecule has 0 spiro atoms. The first kappa shape index (κ1) is 15.0. The quantitative estimate of drug-likeness (QED) is 0.787. The van der Waals surface area contributed by atoms with Gasteiger partial charge in [-0.1, -0.05) is 27.7 Å². The van der Waals surface area contributed by atoms with Gasteiger partial charge in [0.2, 0.25) is 0 Å². The zero-order chi connectivity index (χ0) is 14.8. The Morgan fingerprint density at radius 2 is 2.00 bits per heavy atom. The van der Waals surface area contributed by atoms with Crippen molar-refractivity contribution in [3.63, 3.8) is 0 Å². The molecule has 0 aliphatic rings. The van der Waals surface area contributed by atoms with E-state index < -0.39 is 0 Å². The summed E-state index contributed by atoms with van der Waals surface area (Å²) in [6.45, 7) is 10.7. The van der Waals surface area contributed by atoms with Gasteiger partial charge in [-0.3, -0.25) is 0 Å². The van der Waals surface area contributed by atoms with Crippen LogP contribution in [0.1, 0.15) is 39.9 Å². The third kappa shape index (κ3) is 3.60. The number of benzene rings is 1. The second-order valence-corrected chi connectivity index (χ2v) is 6.52. The Morgan fingerprint density at radius 3 is 2.70 bits per heavy atom. The molecule has 1 N–H and O–H groups in total. The van der Waals surface area contributed by atoms with Crippen molar-refractivity contribution in [2.75, 3.05) is 13.1 Å². The number of rotatable bonds is 6. The highest BCUT2D eigenvalue weighted by atomic mass is 19.1. The van der Waals surface area contributed by atoms with E-state index in [-0.39, 0.29) is 11.2 Å². The van der Waals surface area contributed by atoms with Gasteiger partial charge < -0.3 is 9.73 Å². The number of furan rings is 1. The minimum absolute atomic E-state index is 0.0561. The van der Waals surface area contributed by atoms with E-state index in [1.165, 1.54) is 12.1 Å². The molecule has 110 valence electrons. The Hall–Kier alpha value is -1.35. The molecule has 0 bridgehead atoms. The number of hydrogen-bond acceptors (Lipinski definition) is 2. The second-order valence-electron chi connectivity index (χ2n) is 6.52. The van der Waals surface area contributed by atoms with E-state index in [0.29, 0.717) is 5.92 Å². The number of fused-ring (bicyclic) bond motifs is 1. The van der Waals surface area contributed by atoms with Crippen molar-refractivity contribution in [3.05, 3.63) is 35.8 Å². The topological polar surface area (TPSA) is 25.2 Å². The van der Waals surface area contributed by atoms with Crippen LogP contribution in [0.5, 0.6) is 0 Å². The third-order valence-electron chi connectivity index (χ3n) is 3.62. The van der Waals surface area contributed by atoms with Crippen LogP contribution in [-0.2, 0) is 5.41 Å². The maximum atomic E-state index is 13.2. The minimum Gasteiger partial charge on any atom is -0.461 e. The molecule has 1 aromatic carbocycles. The van der Waals surface area contributed by atoms with Crippen molar-refractivity contribution >= 4 is 11.0 Å². The van der Waals surface area contributed by atoms with E-state index in [0.717, 1.165) is 36.2 Å². The van der Waals surface area contributed by atoms with Crippen LogP contribution in [0.3, 0.4) is 0 Å². The molecule has 2 rings (SSSR count). The van der Waals surface area contributed by atoms with Crippen LogP contribution in [0, 0.1) is 11.7 Å². The molecule has 1 heterocycles. The maximum absolute atomic E-state index is 13.2. The molecule has 3 heteroatoms. The van der Waals surface area contributed by atoms with Crippen LogP contribution in [0.15, 0.2) is 28.7 Å². The average Bonchev–Trinajstić information content (AvgIpc) is 2.78. The van der Waals surface area contributed by atoms with Gasteiger partial charge in [0.25, 0.3) is 0 Å². The summed E-state index contributed by atoms with van der Waals surface area (Å²) in [5.41, 5.74) is 0.698. The van der Waals surface area contributed by atoms with Crippen molar-refractivity contribution in [2.45, 2.75) is 39.5 Å². The summed E-state index contributed by atoms with van der Waals surface area (Å²) < 4.78 is 19.1. The van der Waals surface area contributed by atoms with Crippen molar-refractivity contribution in [1.29, 1.82) is 0 Å². The molecule has 0 saturated heterocycles. The van der Waals surface area contributed by atoms with Gasteiger partial charge in [0, 0.05) is 10.8 Å². The van der Waals surface area contributed by atoms with E-state index in [1.807, 2.05) is 6.07 Å². The maximum Gasteiger partial charge on any atom is 0.134 e. The van der Waals surface area contributed by atoms with Crippen LogP contribution in [0.25, 0.3) is 11.0 Å². The fourth-order valence-corrected chi connectivity index (χ4v) is 2.26. The second kappa shape index (κ2) is 5.96. The first-order valence-electron chi connectivity index (χ1n) is 7.29. The zero-order valence-corrected chi connectivity index (χ0v) is 12.8. The molecule has 0 radical (unpaired) electrons. The first-order valence-corrected chi connectivity index (χ1v) is 7.29. The summed E-state index contributed by atoms with van der Waals surface area (Å²) in [6, 6.07) is 6.62. The normalized spacial score (nSPS) is 12.5. The molecule has 20 heavy (non-hydrogen) atoms. The molecule has 2 aromatic rings. The molecular formula is C17H24FNO. The monoisotopic (exact) mass is 277 g/mol. The molecular weight excluding hydrogens is 253 g/mol. The lowest BCUT2D eigenvalue weighted by Crippen LogP contribution is -2.27. The molecule has 0 fully saturated rings. The van der Waals surface area contributed by atoms with E-state index in [4.69, 9.17) is 4.42 Å². The van der Waals surface area contributed by atoms with Crippen molar-refractivity contribution in [1.82, 2.24) is 5.32 Å². The Morgan fingerprint density at radius 1 is 1.25 bits per heavy atom. The van der Waals surface area contributed by atoms with Gasteiger partial charge in [-0.15, -0.1) is 0 Å². The van der Waals surface area contributed by atoms with Gasteiger partial charge in [-0.25, -0.2) is 4.39 Å². The van der Waals surface area contributed by atoms with Crippen LogP contribution in [-0.4, -0.2) is 13.1 Å². The van der Waals surface area contributed by atoms with E-state index >= 15 is 0 Å². The number of halogens is 1. The molecule has 2 nitrogen and oxygen atoms in total. The summed E-state index contributed by atoms with van der Waals surface area (Å²) in [4.78, 5) is 0. The predicted molar refractivity (Wildman–Crippen MR) is 81.5 cm³/mol. The summed E-state index contributed by atoms with van der Waals surface area (Å²) in [6.07, 6.45) is 0.988.